The molecule has 0 saturated carbocycles. The zero-order valence-electron chi connectivity index (χ0n) is 7.81. The molecule has 0 saturated heterocycles. The van der Waals surface area contributed by atoms with E-state index in [1.165, 1.54) is 11.1 Å². The Labute approximate surface area is 76.6 Å². The topological polar surface area (TPSA) is 26.0 Å². The van der Waals surface area contributed by atoms with Crippen molar-refractivity contribution in [2.75, 3.05) is 5.73 Å². The molecule has 0 atom stereocenters. The molecular formula is C11H21N. The van der Waals surface area contributed by atoms with Crippen LogP contribution in [0.15, 0.2) is 18.2 Å². The molecule has 0 aromatic heterocycles. The van der Waals surface area contributed by atoms with E-state index in [2.05, 4.69) is 6.07 Å². The number of hydrogen-bond acceptors (Lipinski definition) is 1. The van der Waals surface area contributed by atoms with Gasteiger partial charge in [-0.25, -0.2) is 0 Å². The molecule has 0 spiro atoms. The van der Waals surface area contributed by atoms with Crippen molar-refractivity contribution < 1.29 is 0 Å². The summed E-state index contributed by atoms with van der Waals surface area (Å²) in [4.78, 5) is 0. The molecule has 0 aliphatic rings. The molecule has 2 N–H and O–H groups in total. The second-order valence-corrected chi connectivity index (χ2v) is 2.42. The van der Waals surface area contributed by atoms with Crippen molar-refractivity contribution in [2.24, 2.45) is 0 Å². The van der Waals surface area contributed by atoms with Crippen LogP contribution in [0.2, 0.25) is 0 Å². The molecule has 0 bridgehead atoms. The highest BCUT2D eigenvalue weighted by atomic mass is 14.5. The number of rotatable bonds is 0. The fourth-order valence-electron chi connectivity index (χ4n) is 1.01. The van der Waals surface area contributed by atoms with Crippen LogP contribution in [-0.4, -0.2) is 0 Å². The summed E-state index contributed by atoms with van der Waals surface area (Å²) in [5.74, 6) is 0. The van der Waals surface area contributed by atoms with Crippen molar-refractivity contribution in [2.45, 2.75) is 35.1 Å². The van der Waals surface area contributed by atoms with Gasteiger partial charge in [0.05, 0.1) is 0 Å². The molecule has 0 unspecified atom stereocenters. The molecule has 70 valence electrons. The summed E-state index contributed by atoms with van der Waals surface area (Å²) in [5, 5.41) is 0. The van der Waals surface area contributed by atoms with Gasteiger partial charge in [-0.2, -0.15) is 0 Å². The largest absolute Gasteiger partial charge is 0.399 e. The average Bonchev–Trinajstić information content (AvgIpc) is 1.88. The second kappa shape index (κ2) is 6.71. The van der Waals surface area contributed by atoms with Gasteiger partial charge in [0.1, 0.15) is 0 Å². The van der Waals surface area contributed by atoms with Crippen LogP contribution < -0.4 is 5.73 Å². The van der Waals surface area contributed by atoms with Crippen molar-refractivity contribution in [3.05, 3.63) is 29.3 Å². The molecule has 1 aromatic carbocycles. The quantitative estimate of drug-likeness (QED) is 0.587. The number of aryl methyl sites for hydroxylation is 2. The minimum Gasteiger partial charge on any atom is -0.399 e. The SMILES string of the molecule is C.CC.Cc1cc(C)cc(N)c1. The predicted molar refractivity (Wildman–Crippen MR) is 58.4 cm³/mol. The van der Waals surface area contributed by atoms with Crippen LogP contribution in [0, 0.1) is 13.8 Å². The molecule has 0 radical (unpaired) electrons. The van der Waals surface area contributed by atoms with E-state index in [1.54, 1.807) is 0 Å². The Morgan fingerprint density at radius 3 is 1.50 bits per heavy atom. The van der Waals surface area contributed by atoms with Crippen LogP contribution in [0.1, 0.15) is 32.4 Å². The van der Waals surface area contributed by atoms with E-state index in [9.17, 15) is 0 Å². The van der Waals surface area contributed by atoms with Gasteiger partial charge in [-0.3, -0.25) is 0 Å². The maximum Gasteiger partial charge on any atom is 0.0319 e. The summed E-state index contributed by atoms with van der Waals surface area (Å²) in [6.07, 6.45) is 0. The summed E-state index contributed by atoms with van der Waals surface area (Å²) >= 11 is 0. The fourth-order valence-corrected chi connectivity index (χ4v) is 1.01. The van der Waals surface area contributed by atoms with E-state index in [0.717, 1.165) is 5.69 Å². The normalized spacial score (nSPS) is 7.67. The van der Waals surface area contributed by atoms with Gasteiger partial charge < -0.3 is 5.73 Å². The molecule has 1 aromatic rings. The number of anilines is 1. The number of nitrogens with two attached hydrogens (primary N) is 1. The molecule has 0 aliphatic carbocycles. The van der Waals surface area contributed by atoms with Gasteiger partial charge in [-0.1, -0.05) is 27.3 Å². The van der Waals surface area contributed by atoms with Gasteiger partial charge in [0, 0.05) is 5.69 Å². The highest BCUT2D eigenvalue weighted by Gasteiger charge is 1.87. The first kappa shape index (κ1) is 13.6. The van der Waals surface area contributed by atoms with Gasteiger partial charge in [-0.15, -0.1) is 0 Å². The Balaban J connectivity index is 0. The van der Waals surface area contributed by atoms with Crippen molar-refractivity contribution in [3.63, 3.8) is 0 Å². The zero-order chi connectivity index (χ0) is 8.85. The van der Waals surface area contributed by atoms with Gasteiger partial charge in [-0.05, 0) is 37.1 Å². The van der Waals surface area contributed by atoms with Crippen LogP contribution in [0.3, 0.4) is 0 Å². The average molecular weight is 167 g/mol. The second-order valence-electron chi connectivity index (χ2n) is 2.42. The van der Waals surface area contributed by atoms with Crippen LogP contribution >= 0.6 is 0 Å². The molecule has 0 heterocycles. The Kier molecular flexibility index (Phi) is 7.61. The number of nitrogen functional groups attached to an aromatic ring is 1. The molecule has 0 fully saturated rings. The molecule has 1 nitrogen and oxygen atoms in total. The summed E-state index contributed by atoms with van der Waals surface area (Å²) < 4.78 is 0. The number of hydrogen-bond donors (Lipinski definition) is 1. The van der Waals surface area contributed by atoms with Crippen molar-refractivity contribution in [1.82, 2.24) is 0 Å². The lowest BCUT2D eigenvalue weighted by molar-refractivity contribution is 1.39. The molecule has 1 heteroatoms. The molecule has 0 aliphatic heterocycles. The Hall–Kier alpha value is -0.980. The van der Waals surface area contributed by atoms with Gasteiger partial charge in [0.15, 0.2) is 0 Å². The van der Waals surface area contributed by atoms with E-state index in [0.29, 0.717) is 0 Å². The van der Waals surface area contributed by atoms with Crippen molar-refractivity contribution in [3.8, 4) is 0 Å². The summed E-state index contributed by atoms with van der Waals surface area (Å²) in [6.45, 7) is 8.09. The van der Waals surface area contributed by atoms with Gasteiger partial charge in [0.25, 0.3) is 0 Å². The van der Waals surface area contributed by atoms with Crippen molar-refractivity contribution >= 4 is 5.69 Å². The van der Waals surface area contributed by atoms with Crippen LogP contribution in [0.4, 0.5) is 5.69 Å². The van der Waals surface area contributed by atoms with E-state index < -0.39 is 0 Å². The smallest absolute Gasteiger partial charge is 0.0319 e. The first-order chi connectivity index (χ1) is 5.18. The van der Waals surface area contributed by atoms with Gasteiger partial charge in [0.2, 0.25) is 0 Å². The summed E-state index contributed by atoms with van der Waals surface area (Å²) in [5.41, 5.74) is 8.87. The van der Waals surface area contributed by atoms with E-state index in [1.807, 2.05) is 39.8 Å². The summed E-state index contributed by atoms with van der Waals surface area (Å²) in [7, 11) is 0. The van der Waals surface area contributed by atoms with Crippen LogP contribution in [-0.2, 0) is 0 Å². The molecule has 12 heavy (non-hydrogen) atoms. The van der Waals surface area contributed by atoms with Crippen LogP contribution in [0.5, 0.6) is 0 Å². The lowest BCUT2D eigenvalue weighted by atomic mass is 10.1. The van der Waals surface area contributed by atoms with Crippen LogP contribution in [0.25, 0.3) is 0 Å². The minimum absolute atomic E-state index is 0. The third-order valence-corrected chi connectivity index (χ3v) is 1.24. The minimum atomic E-state index is 0. The first-order valence-corrected chi connectivity index (χ1v) is 4.02. The fraction of sp³-hybridized carbons (Fsp3) is 0.455. The highest BCUT2D eigenvalue weighted by Crippen LogP contribution is 2.08. The third-order valence-electron chi connectivity index (χ3n) is 1.24. The maximum atomic E-state index is 5.56. The van der Waals surface area contributed by atoms with Gasteiger partial charge >= 0.3 is 0 Å². The van der Waals surface area contributed by atoms with Crippen molar-refractivity contribution in [1.29, 1.82) is 0 Å². The van der Waals surface area contributed by atoms with E-state index >= 15 is 0 Å². The Morgan fingerprint density at radius 1 is 0.917 bits per heavy atom. The summed E-state index contributed by atoms with van der Waals surface area (Å²) in [6, 6.07) is 6.04. The third kappa shape index (κ3) is 4.78. The lowest BCUT2D eigenvalue weighted by Crippen LogP contribution is -1.86. The molecular weight excluding hydrogens is 146 g/mol. The highest BCUT2D eigenvalue weighted by molar-refractivity contribution is 5.43. The predicted octanol–water partition coefficient (Wildman–Crippen LogP) is 3.55. The van der Waals surface area contributed by atoms with E-state index in [4.69, 9.17) is 5.73 Å². The van der Waals surface area contributed by atoms with E-state index in [-0.39, 0.29) is 7.43 Å². The lowest BCUT2D eigenvalue weighted by Gasteiger charge is -1.97. The number of benzene rings is 1. The Morgan fingerprint density at radius 2 is 1.25 bits per heavy atom. The first-order valence-electron chi connectivity index (χ1n) is 4.02. The standard InChI is InChI=1S/C8H11N.C2H6.CH4/c1-6-3-7(2)5-8(9)4-6;1-2;/h3-5H,9H2,1-2H3;1-2H3;1H4. The Bertz CT molecular complexity index is 166. The zero-order valence-corrected chi connectivity index (χ0v) is 7.81. The monoisotopic (exact) mass is 167 g/mol. The molecule has 0 amide bonds. The molecule has 1 rings (SSSR count). The maximum absolute atomic E-state index is 5.56.